The number of rotatable bonds is 7. The van der Waals surface area contributed by atoms with Crippen LogP contribution in [0.1, 0.15) is 19.8 Å². The van der Waals surface area contributed by atoms with Crippen LogP contribution < -0.4 is 5.32 Å². The van der Waals surface area contributed by atoms with Crippen LogP contribution in [0.3, 0.4) is 0 Å². The van der Waals surface area contributed by atoms with Gasteiger partial charge in [-0.25, -0.2) is 0 Å². The number of nitrogens with one attached hydrogen (secondary N) is 1. The number of hydrogen-bond acceptors (Lipinski definition) is 3. The summed E-state index contributed by atoms with van der Waals surface area (Å²) in [5, 5.41) is 3.18. The molecule has 0 aromatic rings. The van der Waals surface area contributed by atoms with Crippen molar-refractivity contribution in [2.75, 3.05) is 34.4 Å². The van der Waals surface area contributed by atoms with Crippen LogP contribution in [-0.4, -0.2) is 51.2 Å². The van der Waals surface area contributed by atoms with Crippen LogP contribution in [0.2, 0.25) is 0 Å². The lowest BCUT2D eigenvalue weighted by molar-refractivity contribution is -0.130. The van der Waals surface area contributed by atoms with E-state index < -0.39 is 0 Å². The SMILES string of the molecule is COCCCCNC(C)C(=O)N(C)C. The molecule has 14 heavy (non-hydrogen) atoms. The second-order valence-corrected chi connectivity index (χ2v) is 3.61. The molecule has 1 amide bonds. The summed E-state index contributed by atoms with van der Waals surface area (Å²) in [6, 6.07) is -0.0902. The molecule has 84 valence electrons. The molecule has 1 atom stereocenters. The van der Waals surface area contributed by atoms with E-state index in [0.717, 1.165) is 26.0 Å². The van der Waals surface area contributed by atoms with E-state index in [4.69, 9.17) is 4.74 Å². The Morgan fingerprint density at radius 2 is 2.07 bits per heavy atom. The summed E-state index contributed by atoms with van der Waals surface area (Å²) in [6.07, 6.45) is 2.07. The van der Waals surface area contributed by atoms with Crippen molar-refractivity contribution in [2.24, 2.45) is 0 Å². The van der Waals surface area contributed by atoms with Crippen molar-refractivity contribution in [3.05, 3.63) is 0 Å². The number of likely N-dealkylation sites (N-methyl/N-ethyl adjacent to an activating group) is 1. The highest BCUT2D eigenvalue weighted by molar-refractivity contribution is 5.80. The molecule has 0 spiro atoms. The summed E-state index contributed by atoms with van der Waals surface area (Å²) < 4.78 is 4.93. The highest BCUT2D eigenvalue weighted by Gasteiger charge is 2.12. The smallest absolute Gasteiger partial charge is 0.238 e. The van der Waals surface area contributed by atoms with Crippen LogP contribution in [0, 0.1) is 0 Å². The van der Waals surface area contributed by atoms with Crippen LogP contribution in [0.5, 0.6) is 0 Å². The first kappa shape index (κ1) is 13.4. The Morgan fingerprint density at radius 3 is 2.57 bits per heavy atom. The maximum absolute atomic E-state index is 11.4. The van der Waals surface area contributed by atoms with Gasteiger partial charge in [-0.1, -0.05) is 0 Å². The van der Waals surface area contributed by atoms with E-state index in [1.807, 2.05) is 6.92 Å². The highest BCUT2D eigenvalue weighted by atomic mass is 16.5. The standard InChI is InChI=1S/C10H22N2O2/c1-9(10(13)12(2)3)11-7-5-6-8-14-4/h9,11H,5-8H2,1-4H3. The molecule has 0 aromatic heterocycles. The topological polar surface area (TPSA) is 41.6 Å². The Hall–Kier alpha value is -0.610. The van der Waals surface area contributed by atoms with E-state index in [0.29, 0.717) is 0 Å². The molecule has 0 aliphatic heterocycles. The molecule has 0 rings (SSSR count). The lowest BCUT2D eigenvalue weighted by atomic mass is 10.2. The average molecular weight is 202 g/mol. The van der Waals surface area contributed by atoms with Gasteiger partial charge in [0.05, 0.1) is 6.04 Å². The van der Waals surface area contributed by atoms with Gasteiger partial charge in [0, 0.05) is 27.8 Å². The molecule has 0 saturated heterocycles. The molecule has 0 aromatic carbocycles. The van der Waals surface area contributed by atoms with Gasteiger partial charge < -0.3 is 15.0 Å². The van der Waals surface area contributed by atoms with E-state index in [-0.39, 0.29) is 11.9 Å². The monoisotopic (exact) mass is 202 g/mol. The van der Waals surface area contributed by atoms with Crippen molar-refractivity contribution in [3.8, 4) is 0 Å². The molecule has 0 bridgehead atoms. The minimum absolute atomic E-state index is 0.0902. The molecular weight excluding hydrogens is 180 g/mol. The first-order valence-electron chi connectivity index (χ1n) is 5.03. The quantitative estimate of drug-likeness (QED) is 0.611. The molecule has 0 fully saturated rings. The minimum Gasteiger partial charge on any atom is -0.385 e. The first-order chi connectivity index (χ1) is 6.59. The number of carbonyl (C=O) groups excluding carboxylic acids is 1. The number of carbonyl (C=O) groups is 1. The van der Waals surface area contributed by atoms with Crippen LogP contribution in [-0.2, 0) is 9.53 Å². The van der Waals surface area contributed by atoms with Crippen molar-refractivity contribution in [1.29, 1.82) is 0 Å². The van der Waals surface area contributed by atoms with Gasteiger partial charge in [-0.15, -0.1) is 0 Å². The summed E-state index contributed by atoms with van der Waals surface area (Å²) in [5.41, 5.74) is 0. The second-order valence-electron chi connectivity index (χ2n) is 3.61. The van der Waals surface area contributed by atoms with Gasteiger partial charge in [0.25, 0.3) is 0 Å². The Kier molecular flexibility index (Phi) is 7.42. The van der Waals surface area contributed by atoms with Gasteiger partial charge in [0.1, 0.15) is 0 Å². The summed E-state index contributed by atoms with van der Waals surface area (Å²) >= 11 is 0. The molecule has 4 heteroatoms. The van der Waals surface area contributed by atoms with Crippen molar-refractivity contribution < 1.29 is 9.53 Å². The number of ether oxygens (including phenoxy) is 1. The van der Waals surface area contributed by atoms with Crippen LogP contribution >= 0.6 is 0 Å². The molecule has 1 N–H and O–H groups in total. The molecular formula is C10H22N2O2. The van der Waals surface area contributed by atoms with Crippen molar-refractivity contribution >= 4 is 5.91 Å². The van der Waals surface area contributed by atoms with Gasteiger partial charge >= 0.3 is 0 Å². The molecule has 4 nitrogen and oxygen atoms in total. The zero-order valence-corrected chi connectivity index (χ0v) is 9.67. The molecule has 0 radical (unpaired) electrons. The summed E-state index contributed by atoms with van der Waals surface area (Å²) in [4.78, 5) is 13.0. The number of unbranched alkanes of at least 4 members (excludes halogenated alkanes) is 1. The summed E-state index contributed by atoms with van der Waals surface area (Å²) in [5.74, 6) is 0.122. The predicted octanol–water partition coefficient (Wildman–Crippen LogP) is 0.479. The van der Waals surface area contributed by atoms with Crippen molar-refractivity contribution in [1.82, 2.24) is 10.2 Å². The lowest BCUT2D eigenvalue weighted by Crippen LogP contribution is -2.41. The van der Waals surface area contributed by atoms with E-state index in [1.165, 1.54) is 0 Å². The van der Waals surface area contributed by atoms with E-state index >= 15 is 0 Å². The average Bonchev–Trinajstić information content (AvgIpc) is 2.16. The maximum atomic E-state index is 11.4. The third-order valence-electron chi connectivity index (χ3n) is 2.04. The first-order valence-corrected chi connectivity index (χ1v) is 5.03. The maximum Gasteiger partial charge on any atom is 0.238 e. The Balaban J connectivity index is 3.44. The third-order valence-corrected chi connectivity index (χ3v) is 2.04. The Bertz CT molecular complexity index is 160. The fraction of sp³-hybridized carbons (Fsp3) is 0.900. The number of nitrogens with zero attached hydrogens (tertiary/aromatic N) is 1. The summed E-state index contributed by atoms with van der Waals surface area (Å²) in [7, 11) is 5.24. The second kappa shape index (κ2) is 7.76. The van der Waals surface area contributed by atoms with Crippen LogP contribution in [0.15, 0.2) is 0 Å². The summed E-state index contributed by atoms with van der Waals surface area (Å²) in [6.45, 7) is 3.54. The highest BCUT2D eigenvalue weighted by Crippen LogP contribution is 1.91. The third kappa shape index (κ3) is 5.94. The van der Waals surface area contributed by atoms with Gasteiger partial charge in [-0.3, -0.25) is 4.79 Å². The molecule has 0 aliphatic carbocycles. The molecule has 0 heterocycles. The van der Waals surface area contributed by atoms with E-state index in [1.54, 1.807) is 26.1 Å². The molecule has 1 unspecified atom stereocenters. The van der Waals surface area contributed by atoms with E-state index in [9.17, 15) is 4.79 Å². The Labute approximate surface area is 86.6 Å². The zero-order valence-electron chi connectivity index (χ0n) is 9.67. The van der Waals surface area contributed by atoms with Crippen LogP contribution in [0.4, 0.5) is 0 Å². The Morgan fingerprint density at radius 1 is 1.43 bits per heavy atom. The lowest BCUT2D eigenvalue weighted by Gasteiger charge is -2.17. The van der Waals surface area contributed by atoms with Crippen LogP contribution in [0.25, 0.3) is 0 Å². The van der Waals surface area contributed by atoms with E-state index in [2.05, 4.69) is 5.32 Å². The van der Waals surface area contributed by atoms with Gasteiger partial charge in [-0.05, 0) is 26.3 Å². The minimum atomic E-state index is -0.0902. The molecule has 0 aliphatic rings. The number of amides is 1. The fourth-order valence-electron chi connectivity index (χ4n) is 1.16. The normalized spacial score (nSPS) is 12.6. The molecule has 0 saturated carbocycles. The largest absolute Gasteiger partial charge is 0.385 e. The predicted molar refractivity (Wildman–Crippen MR) is 57.3 cm³/mol. The fourth-order valence-corrected chi connectivity index (χ4v) is 1.16. The van der Waals surface area contributed by atoms with Gasteiger partial charge in [-0.2, -0.15) is 0 Å². The van der Waals surface area contributed by atoms with Crippen molar-refractivity contribution in [3.63, 3.8) is 0 Å². The van der Waals surface area contributed by atoms with Gasteiger partial charge in [0.2, 0.25) is 5.91 Å². The number of methoxy groups -OCH3 is 1. The van der Waals surface area contributed by atoms with Gasteiger partial charge in [0.15, 0.2) is 0 Å². The van der Waals surface area contributed by atoms with Crippen molar-refractivity contribution in [2.45, 2.75) is 25.8 Å². The number of hydrogen-bond donors (Lipinski definition) is 1. The zero-order chi connectivity index (χ0) is 11.0.